The molecule has 5 nitrogen and oxygen atoms in total. The summed E-state index contributed by atoms with van der Waals surface area (Å²) in [5.74, 6) is 0.108. The van der Waals surface area contributed by atoms with Gasteiger partial charge in [0.2, 0.25) is 0 Å². The largest absolute Gasteiger partial charge is 0.491 e. The van der Waals surface area contributed by atoms with Crippen LogP contribution in [0.15, 0.2) is 18.2 Å². The number of para-hydroxylation sites is 1. The summed E-state index contributed by atoms with van der Waals surface area (Å²) in [6, 6.07) is 4.78. The number of amides is 1. The average molecular weight is 252 g/mol. The predicted octanol–water partition coefficient (Wildman–Crippen LogP) is 1.17. The highest BCUT2D eigenvalue weighted by atomic mass is 16.5. The van der Waals surface area contributed by atoms with Gasteiger partial charge in [0, 0.05) is 0 Å². The highest BCUT2D eigenvalue weighted by molar-refractivity contribution is 5.98. The van der Waals surface area contributed by atoms with Gasteiger partial charge in [0.15, 0.2) is 5.75 Å². The van der Waals surface area contributed by atoms with Gasteiger partial charge < -0.3 is 20.9 Å². The third kappa shape index (κ3) is 3.37. The molecule has 0 heterocycles. The summed E-state index contributed by atoms with van der Waals surface area (Å²) in [6.45, 7) is 4.07. The number of hydrogen-bond acceptors (Lipinski definition) is 4. The fourth-order valence-electron chi connectivity index (χ4n) is 1.58. The third-order valence-electron chi connectivity index (χ3n) is 2.63. The maximum absolute atomic E-state index is 12.1. The number of nitrogens with one attached hydrogen (secondary N) is 1. The van der Waals surface area contributed by atoms with Crippen LogP contribution in [0.4, 0.5) is 5.69 Å². The van der Waals surface area contributed by atoms with Crippen LogP contribution < -0.4 is 15.8 Å². The number of aliphatic hydroxyl groups is 1. The first-order valence-corrected chi connectivity index (χ1v) is 6.07. The Kier molecular flexibility index (Phi) is 5.45. The van der Waals surface area contributed by atoms with Crippen molar-refractivity contribution in [1.82, 2.24) is 5.32 Å². The number of nitrogens with two attached hydrogens (primary N) is 1. The van der Waals surface area contributed by atoms with E-state index in [9.17, 15) is 4.79 Å². The lowest BCUT2D eigenvalue weighted by atomic mass is 10.1. The van der Waals surface area contributed by atoms with Gasteiger partial charge in [-0.3, -0.25) is 4.79 Å². The third-order valence-corrected chi connectivity index (χ3v) is 2.63. The zero-order valence-electron chi connectivity index (χ0n) is 10.8. The number of benzene rings is 1. The van der Waals surface area contributed by atoms with E-state index >= 15 is 0 Å². The molecular formula is C13H20N2O3. The van der Waals surface area contributed by atoms with Crippen molar-refractivity contribution >= 4 is 11.6 Å². The minimum absolute atomic E-state index is 0.0888. The van der Waals surface area contributed by atoms with E-state index in [1.807, 2.05) is 13.8 Å². The fraction of sp³-hybridized carbons (Fsp3) is 0.462. The van der Waals surface area contributed by atoms with Crippen LogP contribution in [-0.2, 0) is 0 Å². The molecule has 5 heteroatoms. The summed E-state index contributed by atoms with van der Waals surface area (Å²) in [7, 11) is 0. The van der Waals surface area contributed by atoms with Crippen LogP contribution in [0.1, 0.15) is 30.6 Å². The summed E-state index contributed by atoms with van der Waals surface area (Å²) in [4.78, 5) is 12.1. The van der Waals surface area contributed by atoms with Crippen molar-refractivity contribution in [1.29, 1.82) is 0 Å². The Morgan fingerprint density at radius 1 is 1.50 bits per heavy atom. The van der Waals surface area contributed by atoms with Crippen LogP contribution in [0, 0.1) is 0 Å². The summed E-state index contributed by atoms with van der Waals surface area (Å²) in [5.41, 5.74) is 6.61. The van der Waals surface area contributed by atoms with Gasteiger partial charge in [-0.05, 0) is 25.5 Å². The second-order valence-electron chi connectivity index (χ2n) is 3.92. The highest BCUT2D eigenvalue weighted by Crippen LogP contribution is 2.26. The monoisotopic (exact) mass is 252 g/mol. The zero-order valence-corrected chi connectivity index (χ0v) is 10.8. The number of aliphatic hydroxyl groups excluding tert-OH is 1. The number of rotatable bonds is 6. The van der Waals surface area contributed by atoms with Gasteiger partial charge in [-0.15, -0.1) is 0 Å². The number of ether oxygens (including phenoxy) is 1. The minimum Gasteiger partial charge on any atom is -0.491 e. The molecule has 0 aromatic heterocycles. The van der Waals surface area contributed by atoms with Gasteiger partial charge in [-0.1, -0.05) is 13.0 Å². The first-order chi connectivity index (χ1) is 8.63. The number of hydrogen-bond donors (Lipinski definition) is 3. The van der Waals surface area contributed by atoms with Crippen LogP contribution >= 0.6 is 0 Å². The molecule has 0 spiro atoms. The Balaban J connectivity index is 2.94. The van der Waals surface area contributed by atoms with Crippen LogP contribution in [0.3, 0.4) is 0 Å². The average Bonchev–Trinajstić information content (AvgIpc) is 2.38. The van der Waals surface area contributed by atoms with Gasteiger partial charge in [0.05, 0.1) is 30.5 Å². The van der Waals surface area contributed by atoms with Gasteiger partial charge in [-0.25, -0.2) is 0 Å². The topological polar surface area (TPSA) is 84.6 Å². The summed E-state index contributed by atoms with van der Waals surface area (Å²) in [6.07, 6.45) is 0.661. The van der Waals surface area contributed by atoms with E-state index < -0.39 is 0 Å². The molecule has 1 aromatic carbocycles. The van der Waals surface area contributed by atoms with Crippen molar-refractivity contribution < 1.29 is 14.6 Å². The lowest BCUT2D eigenvalue weighted by Crippen LogP contribution is -2.37. The molecule has 0 unspecified atom stereocenters. The quantitative estimate of drug-likeness (QED) is 0.663. The molecule has 0 bridgehead atoms. The van der Waals surface area contributed by atoms with Crippen molar-refractivity contribution in [3.05, 3.63) is 23.8 Å². The first kappa shape index (κ1) is 14.3. The van der Waals surface area contributed by atoms with Crippen LogP contribution in [-0.4, -0.2) is 30.3 Å². The lowest BCUT2D eigenvalue weighted by molar-refractivity contribution is 0.0911. The Hall–Kier alpha value is -1.75. The van der Waals surface area contributed by atoms with E-state index in [4.69, 9.17) is 15.6 Å². The van der Waals surface area contributed by atoms with E-state index in [1.54, 1.807) is 18.2 Å². The maximum Gasteiger partial charge on any atom is 0.255 e. The van der Waals surface area contributed by atoms with Crippen molar-refractivity contribution in [3.8, 4) is 5.75 Å². The van der Waals surface area contributed by atoms with Crippen LogP contribution in [0.2, 0.25) is 0 Å². The van der Waals surface area contributed by atoms with E-state index in [2.05, 4.69) is 5.32 Å². The molecule has 0 aliphatic rings. The molecule has 4 N–H and O–H groups in total. The van der Waals surface area contributed by atoms with Crippen molar-refractivity contribution in [2.45, 2.75) is 26.3 Å². The maximum atomic E-state index is 12.1. The summed E-state index contributed by atoms with van der Waals surface area (Å²) >= 11 is 0. The molecule has 1 rings (SSSR count). The van der Waals surface area contributed by atoms with Crippen molar-refractivity contribution in [3.63, 3.8) is 0 Å². The molecule has 18 heavy (non-hydrogen) atoms. The SMILES string of the molecule is CCOc1c(N)cccc1C(=O)N[C@H](CC)CO. The Labute approximate surface area is 107 Å². The summed E-state index contributed by atoms with van der Waals surface area (Å²) in [5, 5.41) is 11.8. The number of nitrogen functional groups attached to an aromatic ring is 1. The molecule has 1 amide bonds. The van der Waals surface area contributed by atoms with Crippen molar-refractivity contribution in [2.75, 3.05) is 18.9 Å². The molecule has 0 saturated heterocycles. The molecule has 0 aliphatic heterocycles. The minimum atomic E-state index is -0.286. The van der Waals surface area contributed by atoms with Gasteiger partial charge >= 0.3 is 0 Å². The van der Waals surface area contributed by atoms with Crippen LogP contribution in [0.25, 0.3) is 0 Å². The molecule has 0 saturated carbocycles. The summed E-state index contributed by atoms with van der Waals surface area (Å²) < 4.78 is 5.39. The molecule has 0 aliphatic carbocycles. The second kappa shape index (κ2) is 6.86. The van der Waals surface area contributed by atoms with Gasteiger partial charge in [0.1, 0.15) is 0 Å². The Morgan fingerprint density at radius 2 is 2.22 bits per heavy atom. The smallest absolute Gasteiger partial charge is 0.255 e. The van der Waals surface area contributed by atoms with E-state index in [-0.39, 0.29) is 18.6 Å². The zero-order chi connectivity index (χ0) is 13.5. The standard InChI is InChI=1S/C13H20N2O3/c1-3-9(8-16)15-13(17)10-6-5-7-11(14)12(10)18-4-2/h5-7,9,16H,3-4,8,14H2,1-2H3,(H,15,17)/t9-/m1/s1. The van der Waals surface area contributed by atoms with E-state index in [0.717, 1.165) is 0 Å². The highest BCUT2D eigenvalue weighted by Gasteiger charge is 2.17. The molecule has 0 radical (unpaired) electrons. The number of anilines is 1. The van der Waals surface area contributed by atoms with E-state index in [0.29, 0.717) is 30.0 Å². The Bertz CT molecular complexity index is 403. The number of carbonyl (C=O) groups excluding carboxylic acids is 1. The van der Waals surface area contributed by atoms with Crippen LogP contribution in [0.5, 0.6) is 5.75 Å². The molecule has 1 atom stereocenters. The molecule has 100 valence electrons. The van der Waals surface area contributed by atoms with Gasteiger partial charge in [-0.2, -0.15) is 0 Å². The normalized spacial score (nSPS) is 11.9. The molecular weight excluding hydrogens is 232 g/mol. The Morgan fingerprint density at radius 3 is 2.78 bits per heavy atom. The lowest BCUT2D eigenvalue weighted by Gasteiger charge is -2.16. The second-order valence-corrected chi connectivity index (χ2v) is 3.92. The molecule has 1 aromatic rings. The fourth-order valence-corrected chi connectivity index (χ4v) is 1.58. The van der Waals surface area contributed by atoms with Crippen molar-refractivity contribution in [2.24, 2.45) is 0 Å². The van der Waals surface area contributed by atoms with Gasteiger partial charge in [0.25, 0.3) is 5.91 Å². The molecule has 0 fully saturated rings. The first-order valence-electron chi connectivity index (χ1n) is 6.07. The predicted molar refractivity (Wildman–Crippen MR) is 70.7 cm³/mol. The number of carbonyl (C=O) groups is 1. The van der Waals surface area contributed by atoms with E-state index in [1.165, 1.54) is 0 Å².